The van der Waals surface area contributed by atoms with Crippen LogP contribution >= 0.6 is 24.8 Å². The Balaban J connectivity index is 0.00000288. The lowest BCUT2D eigenvalue weighted by molar-refractivity contribution is -0.143. The molecular formula is C15H20Cl2F6N2. The van der Waals surface area contributed by atoms with Crippen LogP contribution in [0.1, 0.15) is 36.1 Å². The van der Waals surface area contributed by atoms with Gasteiger partial charge in [-0.15, -0.1) is 24.8 Å². The Morgan fingerprint density at radius 3 is 1.72 bits per heavy atom. The molecule has 0 spiro atoms. The molecular weight excluding hydrogens is 393 g/mol. The SMILES string of the molecule is CC[C@H](c1cc(C(F)(F)F)cc(C(F)(F)F)c1)N1CCNCC1.Cl.Cl. The van der Waals surface area contributed by atoms with Crippen LogP contribution < -0.4 is 5.32 Å². The minimum absolute atomic E-state index is 0. The zero-order valence-electron chi connectivity index (χ0n) is 13.4. The molecule has 0 aliphatic carbocycles. The van der Waals surface area contributed by atoms with Crippen molar-refractivity contribution >= 4 is 24.8 Å². The number of hydrogen-bond donors (Lipinski definition) is 1. The molecule has 1 aromatic carbocycles. The summed E-state index contributed by atoms with van der Waals surface area (Å²) in [4.78, 5) is 1.92. The fraction of sp³-hybridized carbons (Fsp3) is 0.600. The summed E-state index contributed by atoms with van der Waals surface area (Å²) in [6.07, 6.45) is -9.17. The monoisotopic (exact) mass is 412 g/mol. The summed E-state index contributed by atoms with van der Waals surface area (Å²) in [5, 5.41) is 3.11. The molecule has 1 N–H and O–H groups in total. The number of halogens is 8. The lowest BCUT2D eigenvalue weighted by Gasteiger charge is -2.35. The highest BCUT2D eigenvalue weighted by molar-refractivity contribution is 5.85. The van der Waals surface area contributed by atoms with Gasteiger partial charge in [-0.1, -0.05) is 6.92 Å². The highest BCUT2D eigenvalue weighted by atomic mass is 35.5. The van der Waals surface area contributed by atoms with Crippen LogP contribution in [0.4, 0.5) is 26.3 Å². The fourth-order valence-corrected chi connectivity index (χ4v) is 2.87. The van der Waals surface area contributed by atoms with E-state index in [-0.39, 0.29) is 36.4 Å². The number of rotatable bonds is 3. The van der Waals surface area contributed by atoms with Crippen LogP contribution in [0, 0.1) is 0 Å². The maximum atomic E-state index is 13.0. The lowest BCUT2D eigenvalue weighted by Crippen LogP contribution is -2.45. The minimum atomic E-state index is -4.81. The maximum absolute atomic E-state index is 13.0. The quantitative estimate of drug-likeness (QED) is 0.708. The molecule has 2 rings (SSSR count). The normalized spacial score (nSPS) is 17.4. The Morgan fingerprint density at radius 1 is 0.920 bits per heavy atom. The van der Waals surface area contributed by atoms with Crippen LogP contribution in [0.25, 0.3) is 0 Å². The molecule has 0 bridgehead atoms. The van der Waals surface area contributed by atoms with Crippen molar-refractivity contribution in [3.63, 3.8) is 0 Å². The Hall–Kier alpha value is -0.700. The van der Waals surface area contributed by atoms with Crippen LogP contribution in [0.15, 0.2) is 18.2 Å². The Bertz CT molecular complexity index is 510. The van der Waals surface area contributed by atoms with Gasteiger partial charge in [0.2, 0.25) is 0 Å². The summed E-state index contributed by atoms with van der Waals surface area (Å²) >= 11 is 0. The van der Waals surface area contributed by atoms with E-state index in [4.69, 9.17) is 0 Å². The van der Waals surface area contributed by atoms with Gasteiger partial charge >= 0.3 is 12.4 Å². The van der Waals surface area contributed by atoms with Gasteiger partial charge in [0.1, 0.15) is 0 Å². The van der Waals surface area contributed by atoms with Gasteiger partial charge in [-0.3, -0.25) is 4.90 Å². The first-order valence-corrected chi connectivity index (χ1v) is 7.37. The van der Waals surface area contributed by atoms with Crippen molar-refractivity contribution in [2.45, 2.75) is 31.7 Å². The predicted molar refractivity (Wildman–Crippen MR) is 88.4 cm³/mol. The number of nitrogens with zero attached hydrogens (tertiary/aromatic N) is 1. The molecule has 1 aliphatic rings. The van der Waals surface area contributed by atoms with E-state index in [1.54, 1.807) is 6.92 Å². The molecule has 1 heterocycles. The smallest absolute Gasteiger partial charge is 0.314 e. The van der Waals surface area contributed by atoms with E-state index in [1.165, 1.54) is 0 Å². The third-order valence-electron chi connectivity index (χ3n) is 3.97. The standard InChI is InChI=1S/C15H18F6N2.2ClH/c1-2-13(23-5-3-22-4-6-23)10-7-11(14(16,17)18)9-12(8-10)15(19,20)21;;/h7-9,13,22H,2-6H2,1H3;2*1H/t13-;;/m1../s1. The zero-order chi connectivity index (χ0) is 17.3. The van der Waals surface area contributed by atoms with Crippen LogP contribution in [0.3, 0.4) is 0 Å². The molecule has 0 radical (unpaired) electrons. The first-order chi connectivity index (χ1) is 10.6. The van der Waals surface area contributed by atoms with Gasteiger partial charge in [0.05, 0.1) is 11.1 Å². The van der Waals surface area contributed by atoms with Crippen molar-refractivity contribution < 1.29 is 26.3 Å². The second-order valence-corrected chi connectivity index (χ2v) is 5.55. The van der Waals surface area contributed by atoms with E-state index in [2.05, 4.69) is 5.32 Å². The van der Waals surface area contributed by atoms with Gasteiger partial charge in [-0.2, -0.15) is 26.3 Å². The molecule has 1 aromatic rings. The van der Waals surface area contributed by atoms with Crippen LogP contribution in [-0.4, -0.2) is 31.1 Å². The summed E-state index contributed by atoms with van der Waals surface area (Å²) in [7, 11) is 0. The first-order valence-electron chi connectivity index (χ1n) is 7.37. The van der Waals surface area contributed by atoms with Gasteiger partial charge in [0, 0.05) is 32.2 Å². The lowest BCUT2D eigenvalue weighted by atomic mass is 9.96. The topological polar surface area (TPSA) is 15.3 Å². The third kappa shape index (κ3) is 6.20. The van der Waals surface area contributed by atoms with Gasteiger partial charge < -0.3 is 5.32 Å². The average molecular weight is 413 g/mol. The van der Waals surface area contributed by atoms with Crippen molar-refractivity contribution in [3.8, 4) is 0 Å². The maximum Gasteiger partial charge on any atom is 0.416 e. The molecule has 1 atom stereocenters. The molecule has 0 aromatic heterocycles. The summed E-state index contributed by atoms with van der Waals surface area (Å²) in [5.74, 6) is 0. The summed E-state index contributed by atoms with van der Waals surface area (Å²) in [5.41, 5.74) is -2.44. The van der Waals surface area contributed by atoms with E-state index < -0.39 is 29.5 Å². The molecule has 1 saturated heterocycles. The second kappa shape index (κ2) is 9.30. The molecule has 2 nitrogen and oxygen atoms in total. The van der Waals surface area contributed by atoms with Crippen molar-refractivity contribution in [2.75, 3.05) is 26.2 Å². The highest BCUT2D eigenvalue weighted by Crippen LogP contribution is 2.38. The van der Waals surface area contributed by atoms with Crippen LogP contribution in [0.2, 0.25) is 0 Å². The minimum Gasteiger partial charge on any atom is -0.314 e. The number of nitrogens with one attached hydrogen (secondary N) is 1. The Morgan fingerprint density at radius 2 is 1.36 bits per heavy atom. The van der Waals surface area contributed by atoms with Crippen LogP contribution in [-0.2, 0) is 12.4 Å². The van der Waals surface area contributed by atoms with Gasteiger partial charge in [-0.25, -0.2) is 0 Å². The van der Waals surface area contributed by atoms with E-state index in [0.29, 0.717) is 32.6 Å². The fourth-order valence-electron chi connectivity index (χ4n) is 2.87. The number of benzene rings is 1. The highest BCUT2D eigenvalue weighted by Gasteiger charge is 2.38. The second-order valence-electron chi connectivity index (χ2n) is 5.55. The average Bonchev–Trinajstić information content (AvgIpc) is 2.47. The van der Waals surface area contributed by atoms with E-state index in [9.17, 15) is 26.3 Å². The van der Waals surface area contributed by atoms with Crippen molar-refractivity contribution in [1.82, 2.24) is 10.2 Å². The first kappa shape index (κ1) is 24.3. The largest absolute Gasteiger partial charge is 0.416 e. The molecule has 0 saturated carbocycles. The van der Waals surface area contributed by atoms with Crippen molar-refractivity contribution in [2.24, 2.45) is 0 Å². The molecule has 0 unspecified atom stereocenters. The Labute approximate surface area is 154 Å². The number of piperazine rings is 1. The number of alkyl halides is 6. The van der Waals surface area contributed by atoms with Gasteiger partial charge in [0.15, 0.2) is 0 Å². The zero-order valence-corrected chi connectivity index (χ0v) is 15.0. The molecule has 25 heavy (non-hydrogen) atoms. The van der Waals surface area contributed by atoms with Gasteiger partial charge in [-0.05, 0) is 30.2 Å². The van der Waals surface area contributed by atoms with E-state index >= 15 is 0 Å². The summed E-state index contributed by atoms with van der Waals surface area (Å²) < 4.78 is 77.7. The molecule has 146 valence electrons. The summed E-state index contributed by atoms with van der Waals surface area (Å²) in [6.45, 7) is 4.29. The van der Waals surface area contributed by atoms with E-state index in [1.807, 2.05) is 4.90 Å². The molecule has 0 amide bonds. The van der Waals surface area contributed by atoms with Crippen molar-refractivity contribution in [3.05, 3.63) is 34.9 Å². The third-order valence-corrected chi connectivity index (χ3v) is 3.97. The van der Waals surface area contributed by atoms with Crippen molar-refractivity contribution in [1.29, 1.82) is 0 Å². The number of hydrogen-bond acceptors (Lipinski definition) is 2. The molecule has 10 heteroatoms. The van der Waals surface area contributed by atoms with E-state index in [0.717, 1.165) is 12.1 Å². The molecule has 1 fully saturated rings. The summed E-state index contributed by atoms with van der Waals surface area (Å²) in [6, 6.07) is 1.39. The predicted octanol–water partition coefficient (Wildman–Crippen LogP) is 4.92. The van der Waals surface area contributed by atoms with Crippen LogP contribution in [0.5, 0.6) is 0 Å². The van der Waals surface area contributed by atoms with Gasteiger partial charge in [0.25, 0.3) is 0 Å². The Kier molecular flexibility index (Phi) is 9.04. The molecule has 1 aliphatic heterocycles.